The zero-order valence-corrected chi connectivity index (χ0v) is 17.3. The Bertz CT molecular complexity index is 917. The summed E-state index contributed by atoms with van der Waals surface area (Å²) >= 11 is 0. The maximum atomic E-state index is 12.6. The largest absolute Gasteiger partial charge is 0.349 e. The summed E-state index contributed by atoms with van der Waals surface area (Å²) in [6, 6.07) is 7.81. The predicted octanol–water partition coefficient (Wildman–Crippen LogP) is 1.19. The monoisotopic (exact) mass is 407 g/mol. The normalized spacial score (nSPS) is 16.5. The molecule has 1 saturated heterocycles. The van der Waals surface area contributed by atoms with Crippen LogP contribution in [0.25, 0.3) is 10.9 Å². The molecule has 0 aliphatic carbocycles. The van der Waals surface area contributed by atoms with Crippen LogP contribution in [0.3, 0.4) is 0 Å². The Hall–Kier alpha value is -1.97. The molecule has 1 aromatic heterocycles. The van der Waals surface area contributed by atoms with Crippen LogP contribution in [-0.2, 0) is 16.6 Å². The van der Waals surface area contributed by atoms with E-state index in [-0.39, 0.29) is 11.9 Å². The van der Waals surface area contributed by atoms with Gasteiger partial charge in [-0.1, -0.05) is 25.1 Å². The van der Waals surface area contributed by atoms with Crippen molar-refractivity contribution >= 4 is 26.8 Å². The van der Waals surface area contributed by atoms with Gasteiger partial charge in [-0.05, 0) is 38.4 Å². The van der Waals surface area contributed by atoms with Gasteiger partial charge in [-0.15, -0.1) is 0 Å². The van der Waals surface area contributed by atoms with Gasteiger partial charge in [0.1, 0.15) is 0 Å². The van der Waals surface area contributed by atoms with Crippen LogP contribution < -0.4 is 10.0 Å². The molecule has 0 atom stereocenters. The fourth-order valence-corrected chi connectivity index (χ4v) is 4.51. The second kappa shape index (κ2) is 9.02. The molecule has 154 valence electrons. The lowest BCUT2D eigenvalue weighted by Crippen LogP contribution is -2.46. The number of nitrogens with one attached hydrogen (secondary N) is 2. The van der Waals surface area contributed by atoms with Crippen LogP contribution in [0.4, 0.5) is 0 Å². The van der Waals surface area contributed by atoms with Crippen molar-refractivity contribution in [3.05, 3.63) is 30.0 Å². The Morgan fingerprint density at radius 1 is 1.21 bits per heavy atom. The van der Waals surface area contributed by atoms with Gasteiger partial charge in [0.05, 0.1) is 11.8 Å². The first-order valence-electron chi connectivity index (χ1n) is 9.81. The van der Waals surface area contributed by atoms with E-state index >= 15 is 0 Å². The minimum Gasteiger partial charge on any atom is -0.349 e. The molecule has 1 aliphatic rings. The molecule has 0 bridgehead atoms. The van der Waals surface area contributed by atoms with Gasteiger partial charge in [0.2, 0.25) is 10.0 Å². The average Bonchev–Trinajstić information content (AvgIpc) is 3.01. The van der Waals surface area contributed by atoms with Crippen LogP contribution in [0.1, 0.15) is 36.7 Å². The number of hydrogen-bond donors (Lipinski definition) is 2. The summed E-state index contributed by atoms with van der Waals surface area (Å²) in [6.07, 6.45) is 3.72. The average molecular weight is 408 g/mol. The first-order valence-corrected chi connectivity index (χ1v) is 11.7. The number of aryl methyl sites for hydroxylation is 1. The highest BCUT2D eigenvalue weighted by atomic mass is 32.2. The Labute approximate surface area is 166 Å². The standard InChI is InChI=1S/C19H29N5O3S/c1-3-11-24-17-7-5-4-6-16(17)18(21-24)19(25)20-10-14-23-12-8-15(9-13-23)22-28(2,26)27/h4-7,15,22H,3,8-14H2,1-2H3,(H,20,25). The number of hydrogen-bond acceptors (Lipinski definition) is 5. The van der Waals surface area contributed by atoms with Gasteiger partial charge >= 0.3 is 0 Å². The molecule has 3 rings (SSSR count). The van der Waals surface area contributed by atoms with E-state index in [1.54, 1.807) is 0 Å². The molecular weight excluding hydrogens is 378 g/mol. The molecule has 1 aliphatic heterocycles. The van der Waals surface area contributed by atoms with Gasteiger partial charge in [-0.25, -0.2) is 13.1 Å². The molecule has 0 saturated carbocycles. The van der Waals surface area contributed by atoms with Crippen molar-refractivity contribution in [1.82, 2.24) is 24.7 Å². The van der Waals surface area contributed by atoms with Crippen molar-refractivity contribution in [3.8, 4) is 0 Å². The zero-order chi connectivity index (χ0) is 20.1. The number of rotatable bonds is 8. The number of sulfonamides is 1. The predicted molar refractivity (Wildman–Crippen MR) is 110 cm³/mol. The molecule has 0 radical (unpaired) electrons. The molecule has 2 heterocycles. The number of carbonyl (C=O) groups is 1. The third-order valence-electron chi connectivity index (χ3n) is 4.99. The summed E-state index contributed by atoms with van der Waals surface area (Å²) in [7, 11) is -3.15. The second-order valence-electron chi connectivity index (χ2n) is 7.35. The van der Waals surface area contributed by atoms with Gasteiger partial charge in [-0.3, -0.25) is 9.48 Å². The minimum absolute atomic E-state index is 0.00901. The number of carbonyl (C=O) groups excluding carboxylic acids is 1. The Balaban J connectivity index is 1.51. The summed E-state index contributed by atoms with van der Waals surface area (Å²) < 4.78 is 27.2. The van der Waals surface area contributed by atoms with Gasteiger partial charge in [0, 0.05) is 31.1 Å². The Morgan fingerprint density at radius 3 is 2.61 bits per heavy atom. The van der Waals surface area contributed by atoms with Crippen LogP contribution in [0.2, 0.25) is 0 Å². The van der Waals surface area contributed by atoms with Crippen LogP contribution in [-0.4, -0.2) is 67.5 Å². The van der Waals surface area contributed by atoms with Crippen molar-refractivity contribution in [2.45, 2.75) is 38.8 Å². The molecule has 1 amide bonds. The Kier molecular flexibility index (Phi) is 6.69. The van der Waals surface area contributed by atoms with Gasteiger partial charge in [-0.2, -0.15) is 5.10 Å². The number of fused-ring (bicyclic) bond motifs is 1. The summed E-state index contributed by atoms with van der Waals surface area (Å²) in [4.78, 5) is 14.9. The summed E-state index contributed by atoms with van der Waals surface area (Å²) in [5.41, 5.74) is 1.45. The zero-order valence-electron chi connectivity index (χ0n) is 16.5. The van der Waals surface area contributed by atoms with E-state index in [1.807, 2.05) is 28.9 Å². The smallest absolute Gasteiger partial charge is 0.272 e. The van der Waals surface area contributed by atoms with Crippen molar-refractivity contribution < 1.29 is 13.2 Å². The van der Waals surface area contributed by atoms with E-state index in [4.69, 9.17) is 0 Å². The van der Waals surface area contributed by atoms with Crippen LogP contribution >= 0.6 is 0 Å². The number of nitrogens with zero attached hydrogens (tertiary/aromatic N) is 3. The molecular formula is C19H29N5O3S. The van der Waals surface area contributed by atoms with Crippen LogP contribution in [0, 0.1) is 0 Å². The fraction of sp³-hybridized carbons (Fsp3) is 0.579. The van der Waals surface area contributed by atoms with E-state index in [0.717, 1.165) is 56.3 Å². The summed E-state index contributed by atoms with van der Waals surface area (Å²) in [6.45, 7) is 5.78. The maximum Gasteiger partial charge on any atom is 0.272 e. The second-order valence-corrected chi connectivity index (χ2v) is 9.13. The van der Waals surface area contributed by atoms with Gasteiger partial charge < -0.3 is 10.2 Å². The minimum atomic E-state index is -3.15. The first-order chi connectivity index (χ1) is 13.4. The fourth-order valence-electron chi connectivity index (χ4n) is 3.67. The van der Waals surface area contributed by atoms with Crippen molar-refractivity contribution in [1.29, 1.82) is 0 Å². The third-order valence-corrected chi connectivity index (χ3v) is 5.75. The van der Waals surface area contributed by atoms with E-state index in [1.165, 1.54) is 6.26 Å². The van der Waals surface area contributed by atoms with Crippen molar-refractivity contribution in [3.63, 3.8) is 0 Å². The third kappa shape index (κ3) is 5.30. The molecule has 2 aromatic rings. The Morgan fingerprint density at radius 2 is 1.93 bits per heavy atom. The van der Waals surface area contributed by atoms with Crippen molar-refractivity contribution in [2.24, 2.45) is 0 Å². The number of benzene rings is 1. The number of para-hydroxylation sites is 1. The first kappa shape index (κ1) is 20.8. The van der Waals surface area contributed by atoms with E-state index in [9.17, 15) is 13.2 Å². The highest BCUT2D eigenvalue weighted by Gasteiger charge is 2.22. The maximum absolute atomic E-state index is 12.6. The molecule has 0 unspecified atom stereocenters. The highest BCUT2D eigenvalue weighted by molar-refractivity contribution is 7.88. The molecule has 9 heteroatoms. The molecule has 2 N–H and O–H groups in total. The number of aromatic nitrogens is 2. The lowest BCUT2D eigenvalue weighted by atomic mass is 10.1. The van der Waals surface area contributed by atoms with E-state index in [0.29, 0.717) is 12.2 Å². The van der Waals surface area contributed by atoms with Gasteiger partial charge in [0.25, 0.3) is 5.91 Å². The lowest BCUT2D eigenvalue weighted by molar-refractivity contribution is 0.0941. The summed E-state index contributed by atoms with van der Waals surface area (Å²) in [5, 5.41) is 8.37. The topological polar surface area (TPSA) is 96.3 Å². The number of likely N-dealkylation sites (tertiary alicyclic amines) is 1. The lowest BCUT2D eigenvalue weighted by Gasteiger charge is -2.31. The summed E-state index contributed by atoms with van der Waals surface area (Å²) in [5.74, 6) is -0.153. The molecule has 1 fully saturated rings. The van der Waals surface area contributed by atoms with Crippen LogP contribution in [0.5, 0.6) is 0 Å². The molecule has 1 aromatic carbocycles. The molecule has 8 nitrogen and oxygen atoms in total. The highest BCUT2D eigenvalue weighted by Crippen LogP contribution is 2.18. The van der Waals surface area contributed by atoms with E-state index < -0.39 is 10.0 Å². The quantitative estimate of drug-likeness (QED) is 0.685. The molecule has 0 spiro atoms. The van der Waals surface area contributed by atoms with Gasteiger partial charge in [0.15, 0.2) is 5.69 Å². The molecule has 28 heavy (non-hydrogen) atoms. The van der Waals surface area contributed by atoms with E-state index in [2.05, 4.69) is 27.0 Å². The number of piperidine rings is 1. The number of amides is 1. The van der Waals surface area contributed by atoms with Crippen LogP contribution in [0.15, 0.2) is 24.3 Å². The van der Waals surface area contributed by atoms with Crippen molar-refractivity contribution in [2.75, 3.05) is 32.4 Å². The SMILES string of the molecule is CCCn1nc(C(=O)NCCN2CCC(NS(C)(=O)=O)CC2)c2ccccc21.